The number of rotatable bonds is 3. The Morgan fingerprint density at radius 1 is 1.09 bits per heavy atom. The van der Waals surface area contributed by atoms with Gasteiger partial charge >= 0.3 is 0 Å². The molecule has 0 radical (unpaired) electrons. The highest BCUT2D eigenvalue weighted by atomic mass is 127. The van der Waals surface area contributed by atoms with Crippen LogP contribution in [0.15, 0.2) is 48.5 Å². The van der Waals surface area contributed by atoms with Crippen molar-refractivity contribution >= 4 is 45.0 Å². The minimum absolute atomic E-state index is 0.126. The zero-order valence-electron chi connectivity index (χ0n) is 12.8. The Morgan fingerprint density at radius 2 is 1.78 bits per heavy atom. The third-order valence-corrected chi connectivity index (χ3v) is 5.29. The Morgan fingerprint density at radius 3 is 2.48 bits per heavy atom. The predicted octanol–water partition coefficient (Wildman–Crippen LogP) is 5.28. The smallest absolute Gasteiger partial charge is 0.258 e. The Bertz CT molecular complexity index is 856. The van der Waals surface area contributed by atoms with Gasteiger partial charge < -0.3 is 0 Å². The highest BCUT2D eigenvalue weighted by molar-refractivity contribution is 14.1. The zero-order valence-corrected chi connectivity index (χ0v) is 15.7. The molecule has 0 aliphatic heterocycles. The second-order valence-electron chi connectivity index (χ2n) is 5.22. The van der Waals surface area contributed by atoms with Gasteiger partial charge in [-0.2, -0.15) is 0 Å². The number of amides is 1. The minimum Gasteiger partial charge on any atom is -0.298 e. The highest BCUT2D eigenvalue weighted by Crippen LogP contribution is 2.30. The van der Waals surface area contributed by atoms with Gasteiger partial charge in [-0.15, -0.1) is 11.3 Å². The molecule has 0 aliphatic rings. The molecule has 0 atom stereocenters. The van der Waals surface area contributed by atoms with Crippen LogP contribution in [0.3, 0.4) is 0 Å². The molecule has 0 fully saturated rings. The monoisotopic (exact) mass is 434 g/mol. The number of anilines is 1. The van der Waals surface area contributed by atoms with Gasteiger partial charge in [0.2, 0.25) is 0 Å². The Labute approximate surface area is 152 Å². The first-order chi connectivity index (χ1) is 11.0. The van der Waals surface area contributed by atoms with E-state index < -0.39 is 0 Å². The summed E-state index contributed by atoms with van der Waals surface area (Å²) in [5.41, 5.74) is 3.87. The van der Waals surface area contributed by atoms with Crippen molar-refractivity contribution in [2.75, 3.05) is 5.32 Å². The van der Waals surface area contributed by atoms with Crippen LogP contribution < -0.4 is 5.32 Å². The van der Waals surface area contributed by atoms with Gasteiger partial charge in [-0.1, -0.05) is 42.0 Å². The fourth-order valence-corrected chi connectivity index (χ4v) is 3.70. The molecule has 1 amide bonds. The van der Waals surface area contributed by atoms with Crippen molar-refractivity contribution in [3.8, 4) is 11.3 Å². The van der Waals surface area contributed by atoms with Crippen LogP contribution >= 0.6 is 33.9 Å². The first-order valence-electron chi connectivity index (χ1n) is 7.15. The van der Waals surface area contributed by atoms with E-state index >= 15 is 0 Å². The van der Waals surface area contributed by atoms with Crippen molar-refractivity contribution in [1.29, 1.82) is 0 Å². The molecule has 0 bridgehead atoms. The van der Waals surface area contributed by atoms with Crippen LogP contribution in [-0.4, -0.2) is 10.9 Å². The van der Waals surface area contributed by atoms with Crippen LogP contribution in [0, 0.1) is 17.4 Å². The summed E-state index contributed by atoms with van der Waals surface area (Å²) in [5.74, 6) is -0.126. The maximum atomic E-state index is 12.4. The van der Waals surface area contributed by atoms with Crippen molar-refractivity contribution in [2.24, 2.45) is 0 Å². The maximum Gasteiger partial charge on any atom is 0.258 e. The molecule has 3 aromatic rings. The van der Waals surface area contributed by atoms with Crippen molar-refractivity contribution in [3.05, 3.63) is 68.1 Å². The average Bonchev–Trinajstić information content (AvgIpc) is 2.89. The van der Waals surface area contributed by atoms with Crippen molar-refractivity contribution in [1.82, 2.24) is 4.98 Å². The van der Waals surface area contributed by atoms with Gasteiger partial charge in [0, 0.05) is 14.0 Å². The summed E-state index contributed by atoms with van der Waals surface area (Å²) in [6, 6.07) is 15.8. The van der Waals surface area contributed by atoms with E-state index in [1.165, 1.54) is 16.9 Å². The molecule has 0 unspecified atom stereocenters. The van der Waals surface area contributed by atoms with E-state index in [-0.39, 0.29) is 5.91 Å². The summed E-state index contributed by atoms with van der Waals surface area (Å²) < 4.78 is 0.926. The number of nitrogens with one attached hydrogen (secondary N) is 1. The first-order valence-corrected chi connectivity index (χ1v) is 9.04. The van der Waals surface area contributed by atoms with Crippen LogP contribution in [0.4, 0.5) is 5.13 Å². The second kappa shape index (κ2) is 6.80. The van der Waals surface area contributed by atoms with Gasteiger partial charge in [0.15, 0.2) is 5.13 Å². The molecule has 23 heavy (non-hydrogen) atoms. The van der Waals surface area contributed by atoms with Crippen molar-refractivity contribution < 1.29 is 4.79 Å². The first kappa shape index (κ1) is 16.1. The average molecular weight is 434 g/mol. The molecule has 0 saturated carbocycles. The van der Waals surface area contributed by atoms with Crippen LogP contribution in [0.1, 0.15) is 20.8 Å². The number of thiazole rings is 1. The second-order valence-corrected chi connectivity index (χ2v) is 7.59. The molecule has 0 aliphatic carbocycles. The lowest BCUT2D eigenvalue weighted by atomic mass is 10.1. The fourth-order valence-electron chi connectivity index (χ4n) is 2.24. The molecule has 1 heterocycles. The molecule has 2 aromatic carbocycles. The largest absolute Gasteiger partial charge is 0.298 e. The topological polar surface area (TPSA) is 42.0 Å². The van der Waals surface area contributed by atoms with Crippen LogP contribution in [-0.2, 0) is 0 Å². The summed E-state index contributed by atoms with van der Waals surface area (Å²) in [6.45, 7) is 4.08. The van der Waals surface area contributed by atoms with E-state index in [2.05, 4.69) is 64.1 Å². The number of benzene rings is 2. The Hall–Kier alpha value is -1.73. The lowest BCUT2D eigenvalue weighted by Crippen LogP contribution is -2.13. The molecule has 0 saturated heterocycles. The summed E-state index contributed by atoms with van der Waals surface area (Å²) >= 11 is 3.66. The van der Waals surface area contributed by atoms with Crippen LogP contribution in [0.2, 0.25) is 0 Å². The van der Waals surface area contributed by atoms with E-state index in [1.54, 1.807) is 0 Å². The summed E-state index contributed by atoms with van der Waals surface area (Å²) in [4.78, 5) is 18.1. The number of aromatic nitrogens is 1. The quantitative estimate of drug-likeness (QED) is 0.570. The number of hydrogen-bond donors (Lipinski definition) is 1. The minimum atomic E-state index is -0.126. The molecular formula is C18H15IN2OS. The summed E-state index contributed by atoms with van der Waals surface area (Å²) in [5, 5.41) is 3.53. The van der Waals surface area contributed by atoms with Crippen LogP contribution in [0.5, 0.6) is 0 Å². The van der Waals surface area contributed by atoms with Gasteiger partial charge in [-0.3, -0.25) is 10.1 Å². The van der Waals surface area contributed by atoms with E-state index in [0.29, 0.717) is 10.7 Å². The van der Waals surface area contributed by atoms with Crippen LogP contribution in [0.25, 0.3) is 11.3 Å². The molecule has 3 nitrogen and oxygen atoms in total. The van der Waals surface area contributed by atoms with Crippen molar-refractivity contribution in [2.45, 2.75) is 13.8 Å². The SMILES string of the molecule is Cc1ccc(-c2nc(NC(=O)c3ccccc3I)sc2C)cc1. The standard InChI is InChI=1S/C18H15IN2OS/c1-11-7-9-13(10-8-11)16-12(2)23-18(20-16)21-17(22)14-5-3-4-6-15(14)19/h3-10H,1-2H3,(H,20,21,22). The van der Waals surface area contributed by atoms with Gasteiger partial charge in [-0.25, -0.2) is 4.98 Å². The summed E-state index contributed by atoms with van der Waals surface area (Å²) in [6.07, 6.45) is 0. The van der Waals surface area contributed by atoms with E-state index in [4.69, 9.17) is 0 Å². The molecule has 116 valence electrons. The van der Waals surface area contributed by atoms with E-state index in [9.17, 15) is 4.79 Å². The number of nitrogens with zero attached hydrogens (tertiary/aromatic N) is 1. The summed E-state index contributed by atoms with van der Waals surface area (Å²) in [7, 11) is 0. The number of carbonyl (C=O) groups excluding carboxylic acids is 1. The molecular weight excluding hydrogens is 419 g/mol. The third kappa shape index (κ3) is 3.61. The molecule has 1 aromatic heterocycles. The zero-order chi connectivity index (χ0) is 16.4. The van der Waals surface area contributed by atoms with E-state index in [1.807, 2.05) is 31.2 Å². The Balaban J connectivity index is 1.85. The predicted molar refractivity (Wildman–Crippen MR) is 104 cm³/mol. The maximum absolute atomic E-state index is 12.4. The number of aryl methyl sites for hydroxylation is 2. The number of halogens is 1. The van der Waals surface area contributed by atoms with Gasteiger partial charge in [-0.05, 0) is 48.6 Å². The number of carbonyl (C=O) groups is 1. The molecule has 1 N–H and O–H groups in total. The molecule has 3 rings (SSSR count). The lowest BCUT2D eigenvalue weighted by molar-refractivity contribution is 0.102. The van der Waals surface area contributed by atoms with Crippen molar-refractivity contribution in [3.63, 3.8) is 0 Å². The van der Waals surface area contributed by atoms with Gasteiger partial charge in [0.1, 0.15) is 0 Å². The fraction of sp³-hybridized carbons (Fsp3) is 0.111. The lowest BCUT2D eigenvalue weighted by Gasteiger charge is -2.03. The van der Waals surface area contributed by atoms with Gasteiger partial charge in [0.25, 0.3) is 5.91 Å². The normalized spacial score (nSPS) is 10.6. The number of hydrogen-bond acceptors (Lipinski definition) is 3. The highest BCUT2D eigenvalue weighted by Gasteiger charge is 2.14. The molecule has 5 heteroatoms. The van der Waals surface area contributed by atoms with Gasteiger partial charge in [0.05, 0.1) is 11.3 Å². The van der Waals surface area contributed by atoms with E-state index in [0.717, 1.165) is 19.7 Å². The Kier molecular flexibility index (Phi) is 4.77. The third-order valence-electron chi connectivity index (χ3n) is 3.46. The molecule has 0 spiro atoms.